The molecule has 1 aromatic heterocycles. The molecule has 1 heterocycles. The van der Waals surface area contributed by atoms with Gasteiger partial charge in [0.25, 0.3) is 17.2 Å². The highest BCUT2D eigenvalue weighted by atomic mass is 16.6. The number of nitrogens with one attached hydrogen (secondary N) is 1. The molecule has 2 aromatic rings. The van der Waals surface area contributed by atoms with E-state index in [9.17, 15) is 24.5 Å². The lowest BCUT2D eigenvalue weighted by Crippen LogP contribution is -2.36. The Morgan fingerprint density at radius 2 is 2.04 bits per heavy atom. The zero-order valence-electron chi connectivity index (χ0n) is 14.7. The van der Waals surface area contributed by atoms with Crippen LogP contribution in [0, 0.1) is 10.1 Å². The van der Waals surface area contributed by atoms with Gasteiger partial charge in [0.2, 0.25) is 5.91 Å². The van der Waals surface area contributed by atoms with Gasteiger partial charge < -0.3 is 15.8 Å². The number of nitro groups is 1. The molecule has 10 heteroatoms. The minimum Gasteiger partial charge on any atom is -0.496 e. The highest BCUT2D eigenvalue weighted by Gasteiger charge is 2.20. The van der Waals surface area contributed by atoms with Crippen LogP contribution in [0.2, 0.25) is 0 Å². The number of nitrogens with two attached hydrogens (primary N) is 1. The number of methoxy groups -OCH3 is 1. The molecule has 1 aromatic carbocycles. The van der Waals surface area contributed by atoms with Gasteiger partial charge in [-0.05, 0) is 13.0 Å². The number of para-hydroxylation sites is 1. The van der Waals surface area contributed by atoms with Gasteiger partial charge >= 0.3 is 0 Å². The monoisotopic (exact) mass is 374 g/mol. The summed E-state index contributed by atoms with van der Waals surface area (Å²) in [7, 11) is 1.50. The Morgan fingerprint density at radius 1 is 1.37 bits per heavy atom. The summed E-state index contributed by atoms with van der Waals surface area (Å²) in [6.07, 6.45) is 0.891. The van der Waals surface area contributed by atoms with E-state index in [-0.39, 0.29) is 0 Å². The van der Waals surface area contributed by atoms with Crippen molar-refractivity contribution in [3.05, 3.63) is 68.1 Å². The van der Waals surface area contributed by atoms with Crippen molar-refractivity contribution < 1.29 is 19.2 Å². The Morgan fingerprint density at radius 3 is 2.63 bits per heavy atom. The second-order valence-electron chi connectivity index (χ2n) is 5.70. The Hall–Kier alpha value is -3.69. The number of benzene rings is 1. The molecule has 1 atom stereocenters. The summed E-state index contributed by atoms with van der Waals surface area (Å²) >= 11 is 0. The van der Waals surface area contributed by atoms with E-state index in [1.807, 2.05) is 0 Å². The van der Waals surface area contributed by atoms with Crippen molar-refractivity contribution in [2.45, 2.75) is 19.5 Å². The lowest BCUT2D eigenvalue weighted by molar-refractivity contribution is -0.385. The van der Waals surface area contributed by atoms with E-state index in [1.165, 1.54) is 7.11 Å². The van der Waals surface area contributed by atoms with E-state index in [1.54, 1.807) is 31.2 Å². The predicted molar refractivity (Wildman–Crippen MR) is 95.4 cm³/mol. The lowest BCUT2D eigenvalue weighted by atomic mass is 10.1. The van der Waals surface area contributed by atoms with Gasteiger partial charge in [-0.1, -0.05) is 18.2 Å². The van der Waals surface area contributed by atoms with E-state index in [2.05, 4.69) is 5.32 Å². The molecule has 2 rings (SSSR count). The van der Waals surface area contributed by atoms with Crippen LogP contribution in [-0.2, 0) is 11.3 Å². The van der Waals surface area contributed by atoms with E-state index in [0.29, 0.717) is 5.75 Å². The Bertz CT molecular complexity index is 953. The number of primary amides is 1. The molecule has 3 N–H and O–H groups in total. The van der Waals surface area contributed by atoms with Crippen molar-refractivity contribution in [3.63, 3.8) is 0 Å². The first-order valence-corrected chi connectivity index (χ1v) is 7.85. The van der Waals surface area contributed by atoms with E-state index >= 15 is 0 Å². The summed E-state index contributed by atoms with van der Waals surface area (Å²) in [5, 5.41) is 13.7. The molecule has 0 saturated heterocycles. The molecular formula is C17H18N4O6. The van der Waals surface area contributed by atoms with Crippen LogP contribution >= 0.6 is 0 Å². The molecule has 0 bridgehead atoms. The minimum absolute atomic E-state index is 0.446. The molecule has 142 valence electrons. The van der Waals surface area contributed by atoms with Crippen molar-refractivity contribution in [1.82, 2.24) is 9.88 Å². The number of nitrogens with zero attached hydrogens (tertiary/aromatic N) is 2. The van der Waals surface area contributed by atoms with Crippen LogP contribution in [-0.4, -0.2) is 28.4 Å². The molecule has 0 aliphatic carbocycles. The number of aromatic nitrogens is 1. The average Bonchev–Trinajstić information content (AvgIpc) is 2.62. The zero-order chi connectivity index (χ0) is 20.1. The number of amides is 2. The van der Waals surface area contributed by atoms with Crippen molar-refractivity contribution >= 4 is 17.5 Å². The van der Waals surface area contributed by atoms with Crippen molar-refractivity contribution in [2.75, 3.05) is 7.11 Å². The molecule has 0 spiro atoms. The number of ether oxygens (including phenoxy) is 1. The Balaban J connectivity index is 2.26. The SMILES string of the molecule is COc1ccccc1C(C)NC(=O)Cn1cc([N+](=O)[O-])cc(C(N)=O)c1=O. The van der Waals surface area contributed by atoms with Crippen molar-refractivity contribution in [2.24, 2.45) is 5.73 Å². The molecule has 10 nitrogen and oxygen atoms in total. The van der Waals surface area contributed by atoms with E-state index in [4.69, 9.17) is 10.5 Å². The fourth-order valence-electron chi connectivity index (χ4n) is 2.56. The van der Waals surface area contributed by atoms with Gasteiger partial charge in [0.05, 0.1) is 24.3 Å². The number of hydrogen-bond acceptors (Lipinski definition) is 6. The van der Waals surface area contributed by atoms with Crippen LogP contribution < -0.4 is 21.3 Å². The van der Waals surface area contributed by atoms with E-state index < -0.39 is 46.1 Å². The summed E-state index contributed by atoms with van der Waals surface area (Å²) in [6, 6.07) is 7.42. The number of carbonyl (C=O) groups excluding carboxylic acids is 2. The van der Waals surface area contributed by atoms with Gasteiger partial charge in [-0.15, -0.1) is 0 Å². The van der Waals surface area contributed by atoms with Gasteiger partial charge in [-0.3, -0.25) is 29.1 Å². The highest BCUT2D eigenvalue weighted by molar-refractivity contribution is 5.93. The standard InChI is InChI=1S/C17H18N4O6/c1-10(12-5-3-4-6-14(12)27-2)19-15(22)9-20-8-11(21(25)26)7-13(16(18)23)17(20)24/h3-8,10H,9H2,1-2H3,(H2,18,23)(H,19,22). The van der Waals surface area contributed by atoms with Crippen molar-refractivity contribution in [3.8, 4) is 5.75 Å². The van der Waals surface area contributed by atoms with Gasteiger partial charge in [-0.25, -0.2) is 0 Å². The quantitative estimate of drug-likeness (QED) is 0.540. The van der Waals surface area contributed by atoms with Gasteiger partial charge in [-0.2, -0.15) is 0 Å². The van der Waals surface area contributed by atoms with Gasteiger partial charge in [0.15, 0.2) is 0 Å². The average molecular weight is 374 g/mol. The fourth-order valence-corrected chi connectivity index (χ4v) is 2.56. The normalized spacial score (nSPS) is 11.5. The molecular weight excluding hydrogens is 356 g/mol. The van der Waals surface area contributed by atoms with Crippen LogP contribution in [0.5, 0.6) is 5.75 Å². The number of hydrogen-bond donors (Lipinski definition) is 2. The third kappa shape index (κ3) is 4.48. The Labute approximate surface area is 153 Å². The third-order valence-electron chi connectivity index (χ3n) is 3.84. The van der Waals surface area contributed by atoms with Crippen LogP contribution in [0.15, 0.2) is 41.3 Å². The van der Waals surface area contributed by atoms with Crippen molar-refractivity contribution in [1.29, 1.82) is 0 Å². The first-order valence-electron chi connectivity index (χ1n) is 7.85. The van der Waals surface area contributed by atoms with Crippen LogP contribution in [0.3, 0.4) is 0 Å². The van der Waals surface area contributed by atoms with Crippen LogP contribution in [0.4, 0.5) is 5.69 Å². The largest absolute Gasteiger partial charge is 0.496 e. The summed E-state index contributed by atoms with van der Waals surface area (Å²) in [5.41, 5.74) is 3.84. The maximum absolute atomic E-state index is 12.3. The number of pyridine rings is 1. The molecule has 0 aliphatic heterocycles. The first-order chi connectivity index (χ1) is 12.7. The first kappa shape index (κ1) is 19.6. The predicted octanol–water partition coefficient (Wildman–Crippen LogP) is 0.741. The topological polar surface area (TPSA) is 147 Å². The molecule has 0 saturated carbocycles. The number of rotatable bonds is 7. The maximum Gasteiger partial charge on any atom is 0.286 e. The van der Waals surface area contributed by atoms with E-state index in [0.717, 1.165) is 22.4 Å². The molecule has 2 amide bonds. The summed E-state index contributed by atoms with van der Waals surface area (Å²) in [5.74, 6) is -1.11. The molecule has 27 heavy (non-hydrogen) atoms. The second kappa shape index (κ2) is 8.13. The zero-order valence-corrected chi connectivity index (χ0v) is 14.7. The van der Waals surface area contributed by atoms with Gasteiger partial charge in [0, 0.05) is 11.6 Å². The minimum atomic E-state index is -1.11. The number of carbonyl (C=O) groups is 2. The second-order valence-corrected chi connectivity index (χ2v) is 5.70. The van der Waals surface area contributed by atoms with Gasteiger partial charge in [0.1, 0.15) is 17.9 Å². The molecule has 0 aliphatic rings. The maximum atomic E-state index is 12.3. The lowest BCUT2D eigenvalue weighted by Gasteiger charge is -2.17. The third-order valence-corrected chi connectivity index (χ3v) is 3.84. The summed E-state index contributed by atoms with van der Waals surface area (Å²) in [6.45, 7) is 1.21. The fraction of sp³-hybridized carbons (Fsp3) is 0.235. The Kier molecular flexibility index (Phi) is 5.91. The highest BCUT2D eigenvalue weighted by Crippen LogP contribution is 2.24. The molecule has 0 fully saturated rings. The van der Waals surface area contributed by atoms with Crippen LogP contribution in [0.25, 0.3) is 0 Å². The van der Waals surface area contributed by atoms with Crippen LogP contribution in [0.1, 0.15) is 28.9 Å². The molecule has 1 unspecified atom stereocenters. The molecule has 0 radical (unpaired) electrons. The summed E-state index contributed by atoms with van der Waals surface area (Å²) in [4.78, 5) is 46.1. The smallest absolute Gasteiger partial charge is 0.286 e. The summed E-state index contributed by atoms with van der Waals surface area (Å²) < 4.78 is 6.02.